The number of methoxy groups -OCH3 is 1. The van der Waals surface area contributed by atoms with Crippen LogP contribution in [-0.4, -0.2) is 29.5 Å². The van der Waals surface area contributed by atoms with E-state index in [1.807, 2.05) is 0 Å². The number of carbonyl (C=O) groups is 1. The van der Waals surface area contributed by atoms with Crippen LogP contribution in [0, 0.1) is 0 Å². The summed E-state index contributed by atoms with van der Waals surface area (Å²) in [6.45, 7) is 0. The summed E-state index contributed by atoms with van der Waals surface area (Å²) >= 11 is 0. The van der Waals surface area contributed by atoms with E-state index >= 15 is 0 Å². The third-order valence-electron chi connectivity index (χ3n) is 1.90. The number of ether oxygens (including phenoxy) is 2. The van der Waals surface area contributed by atoms with Crippen LogP contribution in [0.15, 0.2) is 6.20 Å². The highest BCUT2D eigenvalue weighted by Crippen LogP contribution is 2.40. The van der Waals surface area contributed by atoms with Crippen LogP contribution >= 0.6 is 0 Å². The third-order valence-corrected chi connectivity index (χ3v) is 1.90. The molecule has 112 valence electrons. The first-order valence-corrected chi connectivity index (χ1v) is 4.60. The van der Waals surface area contributed by atoms with Gasteiger partial charge in [-0.25, -0.2) is 9.78 Å². The highest BCUT2D eigenvalue weighted by atomic mass is 19.4. The van der Waals surface area contributed by atoms with Gasteiger partial charge in [-0.3, -0.25) is 0 Å². The Balaban J connectivity index is 3.48. The Morgan fingerprint density at radius 3 is 2.20 bits per heavy atom. The first-order chi connectivity index (χ1) is 8.97. The zero-order valence-corrected chi connectivity index (χ0v) is 9.46. The monoisotopic (exact) mass is 305 g/mol. The van der Waals surface area contributed by atoms with Crippen molar-refractivity contribution in [3.05, 3.63) is 17.5 Å². The summed E-state index contributed by atoms with van der Waals surface area (Å²) in [6.07, 6.45) is -10.5. The van der Waals surface area contributed by atoms with Gasteiger partial charge in [0.25, 0.3) is 0 Å². The maximum Gasteiger partial charge on any atom is 0.573 e. The number of aromatic nitrogens is 1. The molecule has 0 saturated heterocycles. The molecular weight excluding hydrogens is 300 g/mol. The van der Waals surface area contributed by atoms with Crippen LogP contribution < -0.4 is 4.74 Å². The summed E-state index contributed by atoms with van der Waals surface area (Å²) in [6, 6.07) is 0. The topological polar surface area (TPSA) is 68.7 Å². The molecule has 0 aliphatic rings. The Hall–Kier alpha value is -2.20. The molecule has 11 heteroatoms. The van der Waals surface area contributed by atoms with E-state index < -0.39 is 41.3 Å². The van der Waals surface area contributed by atoms with E-state index in [9.17, 15) is 36.2 Å². The second-order valence-electron chi connectivity index (χ2n) is 3.23. The average molecular weight is 305 g/mol. The van der Waals surface area contributed by atoms with Crippen molar-refractivity contribution in [2.24, 2.45) is 0 Å². The number of hydrogen-bond donors (Lipinski definition) is 1. The van der Waals surface area contributed by atoms with Crippen LogP contribution in [-0.2, 0) is 10.9 Å². The van der Waals surface area contributed by atoms with Crippen LogP contribution in [0.3, 0.4) is 0 Å². The van der Waals surface area contributed by atoms with Gasteiger partial charge in [-0.1, -0.05) is 0 Å². The number of rotatable bonds is 2. The lowest BCUT2D eigenvalue weighted by atomic mass is 10.1. The molecule has 5 nitrogen and oxygen atoms in total. The molecule has 0 fully saturated rings. The van der Waals surface area contributed by atoms with Crippen molar-refractivity contribution in [1.29, 1.82) is 0 Å². The standard InChI is InChI=1S/C9H5F6NO4/c1-19-7(18)4-3(20-9(13,14)15)2-16-6(5(4)17)8(10,11)12/h2,17H,1H3. The van der Waals surface area contributed by atoms with Crippen molar-refractivity contribution < 1.29 is 45.7 Å². The quantitative estimate of drug-likeness (QED) is 0.671. The van der Waals surface area contributed by atoms with Gasteiger partial charge in [-0.15, -0.1) is 13.2 Å². The maximum atomic E-state index is 12.4. The summed E-state index contributed by atoms with van der Waals surface area (Å²) < 4.78 is 80.7. The number of aromatic hydroxyl groups is 1. The number of hydrogen-bond acceptors (Lipinski definition) is 5. The molecule has 0 radical (unpaired) electrons. The maximum absolute atomic E-state index is 12.4. The molecule has 0 amide bonds. The van der Waals surface area contributed by atoms with Crippen molar-refractivity contribution >= 4 is 5.97 Å². The molecule has 1 aromatic heterocycles. The van der Waals surface area contributed by atoms with Crippen molar-refractivity contribution in [3.63, 3.8) is 0 Å². The Labute approximate surface area is 106 Å². The molecule has 0 unspecified atom stereocenters. The summed E-state index contributed by atoms with van der Waals surface area (Å²) in [5, 5.41) is 9.27. The number of nitrogens with zero attached hydrogens (tertiary/aromatic N) is 1. The van der Waals surface area contributed by atoms with Gasteiger partial charge in [-0.2, -0.15) is 13.2 Å². The Morgan fingerprint density at radius 1 is 1.25 bits per heavy atom. The van der Waals surface area contributed by atoms with Crippen molar-refractivity contribution in [1.82, 2.24) is 4.98 Å². The van der Waals surface area contributed by atoms with E-state index in [2.05, 4.69) is 14.5 Å². The molecule has 0 atom stereocenters. The lowest BCUT2D eigenvalue weighted by Gasteiger charge is -2.15. The van der Waals surface area contributed by atoms with Gasteiger partial charge < -0.3 is 14.6 Å². The Bertz CT molecular complexity index is 524. The van der Waals surface area contributed by atoms with Gasteiger partial charge in [0.1, 0.15) is 5.56 Å². The van der Waals surface area contributed by atoms with Crippen LogP contribution in [0.5, 0.6) is 11.5 Å². The molecule has 0 aromatic carbocycles. The second-order valence-corrected chi connectivity index (χ2v) is 3.23. The van der Waals surface area contributed by atoms with Crippen molar-refractivity contribution in [2.45, 2.75) is 12.5 Å². The van der Waals surface area contributed by atoms with Crippen molar-refractivity contribution in [2.75, 3.05) is 7.11 Å². The first kappa shape index (κ1) is 15.9. The van der Waals surface area contributed by atoms with E-state index in [4.69, 9.17) is 0 Å². The molecule has 0 spiro atoms. The first-order valence-electron chi connectivity index (χ1n) is 4.60. The van der Waals surface area contributed by atoms with Gasteiger partial charge in [0.15, 0.2) is 17.2 Å². The molecule has 0 saturated carbocycles. The van der Waals surface area contributed by atoms with Gasteiger partial charge in [0.2, 0.25) is 0 Å². The van der Waals surface area contributed by atoms with Crippen LogP contribution in [0.1, 0.15) is 16.1 Å². The molecule has 0 bridgehead atoms. The minimum atomic E-state index is -5.29. The fourth-order valence-corrected chi connectivity index (χ4v) is 1.19. The zero-order valence-electron chi connectivity index (χ0n) is 9.46. The highest BCUT2D eigenvalue weighted by molar-refractivity contribution is 5.95. The smallest absolute Gasteiger partial charge is 0.505 e. The van der Waals surface area contributed by atoms with Crippen LogP contribution in [0.4, 0.5) is 26.3 Å². The van der Waals surface area contributed by atoms with Gasteiger partial charge in [-0.05, 0) is 0 Å². The molecule has 1 aromatic rings. The number of alkyl halides is 6. The van der Waals surface area contributed by atoms with E-state index in [0.29, 0.717) is 7.11 Å². The highest BCUT2D eigenvalue weighted by Gasteiger charge is 2.41. The molecule has 1 N–H and O–H groups in total. The fraction of sp³-hybridized carbons (Fsp3) is 0.333. The fourth-order valence-electron chi connectivity index (χ4n) is 1.19. The van der Waals surface area contributed by atoms with E-state index in [1.165, 1.54) is 0 Å². The minimum absolute atomic E-state index is 0.0162. The lowest BCUT2D eigenvalue weighted by molar-refractivity contribution is -0.274. The second kappa shape index (κ2) is 5.06. The number of esters is 1. The summed E-state index contributed by atoms with van der Waals surface area (Å²) in [5.41, 5.74) is -3.36. The van der Waals surface area contributed by atoms with Crippen LogP contribution in [0.25, 0.3) is 0 Å². The Morgan fingerprint density at radius 2 is 1.80 bits per heavy atom. The van der Waals surface area contributed by atoms with Gasteiger partial charge in [0.05, 0.1) is 13.3 Å². The van der Waals surface area contributed by atoms with E-state index in [1.54, 1.807) is 0 Å². The lowest BCUT2D eigenvalue weighted by Crippen LogP contribution is -2.21. The third kappa shape index (κ3) is 3.42. The molecular formula is C9H5F6NO4. The summed E-state index contributed by atoms with van der Waals surface area (Å²) in [7, 11) is 0.701. The molecule has 0 aliphatic heterocycles. The van der Waals surface area contributed by atoms with Gasteiger partial charge in [0, 0.05) is 0 Å². The SMILES string of the molecule is COC(=O)c1c(OC(F)(F)F)cnc(C(F)(F)F)c1O. The minimum Gasteiger partial charge on any atom is -0.505 e. The largest absolute Gasteiger partial charge is 0.573 e. The van der Waals surface area contributed by atoms with E-state index in [0.717, 1.165) is 0 Å². The predicted molar refractivity (Wildman–Crippen MR) is 48.9 cm³/mol. The summed E-state index contributed by atoms with van der Waals surface area (Å²) in [5.74, 6) is -4.87. The van der Waals surface area contributed by atoms with Crippen LogP contribution in [0.2, 0.25) is 0 Å². The Kier molecular flexibility index (Phi) is 4.01. The zero-order chi connectivity index (χ0) is 15.7. The molecule has 0 aliphatic carbocycles. The number of carbonyl (C=O) groups excluding carboxylic acids is 1. The molecule has 20 heavy (non-hydrogen) atoms. The average Bonchev–Trinajstić information content (AvgIpc) is 2.24. The summed E-state index contributed by atoms with van der Waals surface area (Å²) in [4.78, 5) is 13.8. The normalized spacial score (nSPS) is 12.2. The predicted octanol–water partition coefficient (Wildman–Crippen LogP) is 2.49. The number of pyridine rings is 1. The van der Waals surface area contributed by atoms with Gasteiger partial charge >= 0.3 is 18.5 Å². The number of halogens is 6. The molecule has 1 heterocycles. The molecule has 1 rings (SSSR count). The van der Waals surface area contributed by atoms with E-state index in [-0.39, 0.29) is 6.20 Å². The van der Waals surface area contributed by atoms with Crippen molar-refractivity contribution in [3.8, 4) is 11.5 Å².